The second-order valence-electron chi connectivity index (χ2n) is 8.55. The van der Waals surface area contributed by atoms with Crippen LogP contribution in [0.25, 0.3) is 21.9 Å². The lowest BCUT2D eigenvalue weighted by molar-refractivity contribution is 0.387. The molecule has 0 saturated carbocycles. The molecule has 36 heavy (non-hydrogen) atoms. The van der Waals surface area contributed by atoms with Crippen molar-refractivity contribution in [3.05, 3.63) is 117 Å². The Morgan fingerprint density at radius 1 is 1.03 bits per heavy atom. The van der Waals surface area contributed by atoms with E-state index in [1.165, 1.54) is 11.8 Å². The lowest BCUT2D eigenvalue weighted by Gasteiger charge is -2.27. The fourth-order valence-electron chi connectivity index (χ4n) is 4.56. The van der Waals surface area contributed by atoms with Crippen molar-refractivity contribution in [1.82, 2.24) is 4.98 Å². The van der Waals surface area contributed by atoms with Crippen LogP contribution in [0, 0.1) is 18.3 Å². The van der Waals surface area contributed by atoms with Crippen molar-refractivity contribution >= 4 is 33.6 Å². The quantitative estimate of drug-likeness (QED) is 0.309. The van der Waals surface area contributed by atoms with Crippen LogP contribution < -0.4 is 16.1 Å². The summed E-state index contributed by atoms with van der Waals surface area (Å²) in [6.45, 7) is 2.01. The molecule has 1 atom stereocenters. The van der Waals surface area contributed by atoms with Crippen LogP contribution in [0.2, 0.25) is 0 Å². The number of hydrogen-bond donors (Lipinski definition) is 1. The highest BCUT2D eigenvalue weighted by Gasteiger charge is 2.37. The van der Waals surface area contributed by atoms with E-state index in [1.807, 2.05) is 67.6 Å². The van der Waals surface area contributed by atoms with Crippen LogP contribution in [-0.4, -0.2) is 4.98 Å². The van der Waals surface area contributed by atoms with Crippen LogP contribution in [0.1, 0.15) is 22.6 Å². The van der Waals surface area contributed by atoms with E-state index in [2.05, 4.69) is 6.07 Å². The molecule has 0 fully saturated rings. The van der Waals surface area contributed by atoms with Gasteiger partial charge < -0.3 is 14.9 Å². The standard InChI is InChI=1S/C29H19N3O3S/c1-16-11-12-22-17(13-16)14-20(28(32-22)36-18-7-3-2-4-8-18)24-21(15-30)27(31)35-26-19-9-5-6-10-23(19)34-29(33)25(24)26/h2-14,24H,31H2,1H3. The summed E-state index contributed by atoms with van der Waals surface area (Å²) in [5.74, 6) is -0.530. The van der Waals surface area contributed by atoms with Gasteiger partial charge in [0.25, 0.3) is 0 Å². The molecule has 1 aliphatic heterocycles. The average molecular weight is 490 g/mol. The molecule has 6 rings (SSSR count). The maximum Gasteiger partial charge on any atom is 0.344 e. The second-order valence-corrected chi connectivity index (χ2v) is 9.61. The predicted molar refractivity (Wildman–Crippen MR) is 139 cm³/mol. The van der Waals surface area contributed by atoms with E-state index < -0.39 is 11.5 Å². The molecule has 1 aliphatic rings. The molecular formula is C29H19N3O3S. The van der Waals surface area contributed by atoms with Gasteiger partial charge in [0, 0.05) is 10.3 Å². The first-order valence-corrected chi connectivity index (χ1v) is 12.1. The van der Waals surface area contributed by atoms with Gasteiger partial charge in [-0.3, -0.25) is 0 Å². The molecule has 0 bridgehead atoms. The lowest BCUT2D eigenvalue weighted by atomic mass is 9.84. The fraction of sp³-hybridized carbons (Fsp3) is 0.0690. The summed E-state index contributed by atoms with van der Waals surface area (Å²) in [5.41, 5.74) is 9.07. The number of rotatable bonds is 3. The van der Waals surface area contributed by atoms with Crippen molar-refractivity contribution in [3.63, 3.8) is 0 Å². The molecule has 3 heterocycles. The van der Waals surface area contributed by atoms with Crippen molar-refractivity contribution in [1.29, 1.82) is 5.26 Å². The Kier molecular flexibility index (Phi) is 5.24. The van der Waals surface area contributed by atoms with Gasteiger partial charge in [0.05, 0.1) is 22.4 Å². The van der Waals surface area contributed by atoms with E-state index in [1.54, 1.807) is 18.2 Å². The zero-order valence-electron chi connectivity index (χ0n) is 19.2. The smallest absolute Gasteiger partial charge is 0.344 e. The van der Waals surface area contributed by atoms with Gasteiger partial charge in [-0.05, 0) is 55.0 Å². The number of allylic oxidation sites excluding steroid dienone is 1. The number of hydrogen-bond acceptors (Lipinski definition) is 7. The first-order valence-electron chi connectivity index (χ1n) is 11.3. The molecule has 0 aliphatic carbocycles. The minimum absolute atomic E-state index is 0.0363. The van der Waals surface area contributed by atoms with Crippen molar-refractivity contribution < 1.29 is 9.15 Å². The Hall–Kier alpha value is -4.54. The van der Waals surface area contributed by atoms with Crippen molar-refractivity contribution in [3.8, 4) is 11.8 Å². The van der Waals surface area contributed by atoms with Crippen LogP contribution in [0.4, 0.5) is 0 Å². The molecule has 0 radical (unpaired) electrons. The summed E-state index contributed by atoms with van der Waals surface area (Å²) in [7, 11) is 0. The zero-order valence-corrected chi connectivity index (χ0v) is 20.0. The van der Waals surface area contributed by atoms with Crippen LogP contribution in [-0.2, 0) is 0 Å². The summed E-state index contributed by atoms with van der Waals surface area (Å²) in [6.07, 6.45) is 0. The van der Waals surface area contributed by atoms with Gasteiger partial charge in [0.15, 0.2) is 5.75 Å². The number of pyridine rings is 1. The third kappa shape index (κ3) is 3.60. The van der Waals surface area contributed by atoms with E-state index in [9.17, 15) is 10.1 Å². The minimum Gasteiger partial charge on any atom is -0.439 e. The molecule has 3 aromatic carbocycles. The van der Waals surface area contributed by atoms with Gasteiger partial charge in [0.1, 0.15) is 22.3 Å². The number of nitrogens with zero attached hydrogens (tertiary/aromatic N) is 2. The number of aryl methyl sites for hydroxylation is 1. The molecule has 0 spiro atoms. The maximum absolute atomic E-state index is 13.4. The van der Waals surface area contributed by atoms with Gasteiger partial charge >= 0.3 is 5.63 Å². The highest BCUT2D eigenvalue weighted by Crippen LogP contribution is 2.46. The van der Waals surface area contributed by atoms with Crippen LogP contribution in [0.15, 0.2) is 109 Å². The van der Waals surface area contributed by atoms with Gasteiger partial charge in [-0.1, -0.05) is 53.7 Å². The fourth-order valence-corrected chi connectivity index (χ4v) is 5.52. The van der Waals surface area contributed by atoms with Crippen molar-refractivity contribution in [2.24, 2.45) is 5.73 Å². The molecule has 7 heteroatoms. The molecular weight excluding hydrogens is 470 g/mol. The van der Waals surface area contributed by atoms with Crippen molar-refractivity contribution in [2.45, 2.75) is 22.8 Å². The zero-order chi connectivity index (χ0) is 24.8. The summed E-state index contributed by atoms with van der Waals surface area (Å²) in [5, 5.41) is 12.3. The van der Waals surface area contributed by atoms with Gasteiger partial charge in [-0.2, -0.15) is 5.26 Å². The Morgan fingerprint density at radius 2 is 1.81 bits per heavy atom. The summed E-state index contributed by atoms with van der Waals surface area (Å²) >= 11 is 1.47. The highest BCUT2D eigenvalue weighted by molar-refractivity contribution is 7.99. The topological polar surface area (TPSA) is 102 Å². The number of nitriles is 1. The second kappa shape index (κ2) is 8.59. The molecule has 174 valence electrons. The average Bonchev–Trinajstić information content (AvgIpc) is 2.88. The van der Waals surface area contributed by atoms with E-state index in [-0.39, 0.29) is 17.0 Å². The lowest BCUT2D eigenvalue weighted by Crippen LogP contribution is -2.26. The number of para-hydroxylation sites is 1. The molecule has 2 N–H and O–H groups in total. The minimum atomic E-state index is -0.803. The number of aromatic nitrogens is 1. The van der Waals surface area contributed by atoms with E-state index in [0.717, 1.165) is 21.4 Å². The molecule has 0 amide bonds. The van der Waals surface area contributed by atoms with E-state index in [4.69, 9.17) is 19.9 Å². The Balaban J connectivity index is 1.68. The number of benzene rings is 3. The monoisotopic (exact) mass is 489 g/mol. The third-order valence-electron chi connectivity index (χ3n) is 6.21. The maximum atomic E-state index is 13.4. The number of ether oxygens (including phenoxy) is 1. The van der Waals surface area contributed by atoms with Gasteiger partial charge in [-0.25, -0.2) is 9.78 Å². The third-order valence-corrected chi connectivity index (χ3v) is 7.23. The normalized spacial score (nSPS) is 14.9. The number of fused-ring (bicyclic) bond motifs is 4. The summed E-state index contributed by atoms with van der Waals surface area (Å²) < 4.78 is 11.6. The first-order chi connectivity index (χ1) is 17.5. The summed E-state index contributed by atoms with van der Waals surface area (Å²) in [4.78, 5) is 19.3. The SMILES string of the molecule is Cc1ccc2nc(Sc3ccccc3)c(C3C(C#N)=C(N)Oc4c3c(=O)oc3ccccc43)cc2c1. The highest BCUT2D eigenvalue weighted by atomic mass is 32.2. The first kappa shape index (κ1) is 22.0. The Morgan fingerprint density at radius 3 is 2.61 bits per heavy atom. The van der Waals surface area contributed by atoms with Gasteiger partial charge in [0.2, 0.25) is 5.88 Å². The molecule has 2 aromatic heterocycles. The Labute approximate surface area is 210 Å². The van der Waals surface area contributed by atoms with Crippen LogP contribution in [0.5, 0.6) is 5.75 Å². The summed E-state index contributed by atoms with van der Waals surface area (Å²) in [6, 6.07) is 27.1. The van der Waals surface area contributed by atoms with Crippen LogP contribution >= 0.6 is 11.8 Å². The molecule has 0 saturated heterocycles. The molecule has 5 aromatic rings. The predicted octanol–water partition coefficient (Wildman–Crippen LogP) is 6.02. The molecule has 6 nitrogen and oxygen atoms in total. The van der Waals surface area contributed by atoms with Gasteiger partial charge in [-0.15, -0.1) is 0 Å². The van der Waals surface area contributed by atoms with Crippen molar-refractivity contribution in [2.75, 3.05) is 0 Å². The number of nitrogens with two attached hydrogens (primary N) is 1. The Bertz CT molecular complexity index is 1800. The van der Waals surface area contributed by atoms with E-state index >= 15 is 0 Å². The molecule has 1 unspecified atom stereocenters. The van der Waals surface area contributed by atoms with Crippen LogP contribution in [0.3, 0.4) is 0 Å². The largest absolute Gasteiger partial charge is 0.439 e. The van der Waals surface area contributed by atoms with E-state index in [0.29, 0.717) is 27.3 Å².